The molecule has 2 aliphatic heterocycles. The Hall–Kier alpha value is -2.40. The smallest absolute Gasteiger partial charge is 0.444 e. The zero-order valence-electron chi connectivity index (χ0n) is 23.5. The molecule has 4 rings (SSSR count). The van der Waals surface area contributed by atoms with E-state index in [4.69, 9.17) is 14.0 Å². The number of ether oxygens (including phenoxy) is 1. The molecule has 3 heterocycles. The van der Waals surface area contributed by atoms with E-state index in [1.165, 1.54) is 0 Å². The highest BCUT2D eigenvalue weighted by molar-refractivity contribution is 6.61. The van der Waals surface area contributed by atoms with Crippen molar-refractivity contribution in [3.05, 3.63) is 12.4 Å². The van der Waals surface area contributed by atoms with Crippen LogP contribution in [0.4, 0.5) is 10.7 Å². The van der Waals surface area contributed by atoms with Crippen LogP contribution in [0.5, 0.6) is 0 Å². The lowest BCUT2D eigenvalue weighted by molar-refractivity contribution is -0.133. The van der Waals surface area contributed by atoms with Gasteiger partial charge in [-0.2, -0.15) is 0 Å². The summed E-state index contributed by atoms with van der Waals surface area (Å²) in [5.41, 5.74) is -0.682. The number of aromatic nitrogens is 2. The Morgan fingerprint density at radius 2 is 1.76 bits per heavy atom. The Kier molecular flexibility index (Phi) is 7.51. The van der Waals surface area contributed by atoms with Gasteiger partial charge < -0.3 is 29.2 Å². The van der Waals surface area contributed by atoms with Crippen molar-refractivity contribution in [2.24, 2.45) is 0 Å². The van der Waals surface area contributed by atoms with E-state index >= 15 is 0 Å². The van der Waals surface area contributed by atoms with Crippen LogP contribution in [-0.4, -0.2) is 82.0 Å². The highest BCUT2D eigenvalue weighted by atomic mass is 16.7. The third kappa shape index (κ3) is 6.37. The van der Waals surface area contributed by atoms with Crippen LogP contribution in [0.25, 0.3) is 0 Å². The third-order valence-electron chi connectivity index (χ3n) is 7.60. The van der Waals surface area contributed by atoms with Gasteiger partial charge in [0.15, 0.2) is 0 Å². The first-order valence-corrected chi connectivity index (χ1v) is 13.4. The fourth-order valence-corrected chi connectivity index (χ4v) is 4.70. The molecule has 2 saturated heterocycles. The first kappa shape index (κ1) is 27.6. The lowest BCUT2D eigenvalue weighted by atomic mass is 9.81. The summed E-state index contributed by atoms with van der Waals surface area (Å²) in [7, 11) is -0.504. The van der Waals surface area contributed by atoms with E-state index in [2.05, 4.69) is 20.2 Å². The number of anilines is 1. The average molecular weight is 515 g/mol. The van der Waals surface area contributed by atoms with Crippen molar-refractivity contribution in [3.63, 3.8) is 0 Å². The molecular formula is C26H42BN5O5. The molecule has 0 spiro atoms. The van der Waals surface area contributed by atoms with E-state index in [-0.39, 0.29) is 11.9 Å². The van der Waals surface area contributed by atoms with Crippen molar-refractivity contribution < 1.29 is 23.6 Å². The average Bonchev–Trinajstić information content (AvgIpc) is 3.47. The van der Waals surface area contributed by atoms with Gasteiger partial charge in [0.2, 0.25) is 11.9 Å². The van der Waals surface area contributed by atoms with Gasteiger partial charge in [0.1, 0.15) is 11.6 Å². The molecule has 11 heteroatoms. The fraction of sp³-hybridized carbons (Fsp3) is 0.769. The normalized spacial score (nSPS) is 23.6. The number of likely N-dealkylation sites (tertiary alicyclic amines) is 1. The van der Waals surface area contributed by atoms with Gasteiger partial charge >= 0.3 is 13.2 Å². The van der Waals surface area contributed by atoms with Crippen LogP contribution in [-0.2, 0) is 18.8 Å². The Labute approximate surface area is 221 Å². The summed E-state index contributed by atoms with van der Waals surface area (Å²) in [6.07, 6.45) is 6.98. The van der Waals surface area contributed by atoms with E-state index in [1.807, 2.05) is 32.6 Å². The van der Waals surface area contributed by atoms with Crippen LogP contribution >= 0.6 is 0 Å². The first-order chi connectivity index (χ1) is 17.2. The highest BCUT2D eigenvalue weighted by Crippen LogP contribution is 2.36. The van der Waals surface area contributed by atoms with Crippen LogP contribution in [0.15, 0.2) is 12.4 Å². The van der Waals surface area contributed by atoms with Gasteiger partial charge in [-0.05, 0) is 81.1 Å². The molecule has 1 aromatic rings. The number of alkyl carbamates (subject to hydrolysis) is 1. The molecular weight excluding hydrogens is 473 g/mol. The number of nitrogens with one attached hydrogen (secondary N) is 1. The molecule has 1 N–H and O–H groups in total. The minimum atomic E-state index is -0.666. The zero-order valence-corrected chi connectivity index (χ0v) is 23.5. The van der Waals surface area contributed by atoms with E-state index in [9.17, 15) is 9.59 Å². The number of rotatable bonds is 7. The fourth-order valence-electron chi connectivity index (χ4n) is 4.70. The molecule has 37 heavy (non-hydrogen) atoms. The zero-order chi connectivity index (χ0) is 27.2. The molecule has 1 aliphatic carbocycles. The van der Waals surface area contributed by atoms with Crippen molar-refractivity contribution in [3.8, 4) is 0 Å². The summed E-state index contributed by atoms with van der Waals surface area (Å²) in [5, 5.41) is 2.68. The second-order valence-electron chi connectivity index (χ2n) is 12.5. The monoisotopic (exact) mass is 515 g/mol. The minimum Gasteiger partial charge on any atom is -0.444 e. The molecule has 2 amide bonds. The van der Waals surface area contributed by atoms with Crippen LogP contribution in [0, 0.1) is 0 Å². The summed E-state index contributed by atoms with van der Waals surface area (Å²) in [4.78, 5) is 38.9. The molecule has 3 fully saturated rings. The summed E-state index contributed by atoms with van der Waals surface area (Å²) in [6.45, 7) is 16.5. The molecule has 10 nitrogen and oxygen atoms in total. The number of carbonyl (C=O) groups excluding carboxylic acids is 2. The van der Waals surface area contributed by atoms with Crippen LogP contribution < -0.4 is 15.7 Å². The van der Waals surface area contributed by atoms with Crippen molar-refractivity contribution in [1.29, 1.82) is 0 Å². The highest BCUT2D eigenvalue weighted by Gasteiger charge is 2.52. The SMILES string of the molecule is C[C@@H](NC(=O)OC(C)(C)C)C(=O)N1CCC[C@H]1CN(c1ncc(B2OC(C)(C)C(C)(C)O2)cn1)C1CC1. The quantitative estimate of drug-likeness (QED) is 0.553. The van der Waals surface area contributed by atoms with Crippen LogP contribution in [0.1, 0.15) is 81.1 Å². The lowest BCUT2D eigenvalue weighted by Crippen LogP contribution is -2.52. The summed E-state index contributed by atoms with van der Waals surface area (Å²) in [6, 6.07) is -0.264. The summed E-state index contributed by atoms with van der Waals surface area (Å²) >= 11 is 0. The Bertz CT molecular complexity index is 976. The number of amides is 2. The molecule has 2 atom stereocenters. The maximum Gasteiger partial charge on any atom is 0.498 e. The van der Waals surface area contributed by atoms with E-state index < -0.39 is 36.1 Å². The molecule has 3 aliphatic rings. The number of hydrogen-bond donors (Lipinski definition) is 1. The predicted molar refractivity (Wildman–Crippen MR) is 142 cm³/mol. The summed E-state index contributed by atoms with van der Waals surface area (Å²) < 4.78 is 17.6. The van der Waals surface area contributed by atoms with Gasteiger partial charge in [-0.1, -0.05) is 0 Å². The summed E-state index contributed by atoms with van der Waals surface area (Å²) in [5.74, 6) is 0.558. The van der Waals surface area contributed by atoms with Crippen molar-refractivity contribution in [2.75, 3.05) is 18.0 Å². The number of hydrogen-bond acceptors (Lipinski definition) is 8. The van der Waals surface area contributed by atoms with E-state index in [0.717, 1.165) is 31.1 Å². The minimum absolute atomic E-state index is 0.0300. The molecule has 1 saturated carbocycles. The largest absolute Gasteiger partial charge is 0.498 e. The number of carbonyl (C=O) groups is 2. The molecule has 0 aromatic carbocycles. The molecule has 204 valence electrons. The standard InChI is InChI=1S/C26H42BN5O5/c1-17(30-23(34)35-24(2,3)4)21(33)31-13-9-10-20(31)16-32(19-11-12-19)22-28-14-18(15-29-22)27-36-25(5,6)26(7,8)37-27/h14-15,17,19-20H,9-13,16H2,1-8H3,(H,30,34)/t17-,20+/m1/s1. The van der Waals surface area contributed by atoms with Gasteiger partial charge in [0, 0.05) is 43.0 Å². The Morgan fingerprint density at radius 1 is 1.16 bits per heavy atom. The van der Waals surface area contributed by atoms with Crippen molar-refractivity contribution in [2.45, 2.75) is 116 Å². The first-order valence-electron chi connectivity index (χ1n) is 13.4. The maximum atomic E-state index is 13.2. The predicted octanol–water partition coefficient (Wildman–Crippen LogP) is 2.65. The molecule has 1 aromatic heterocycles. The van der Waals surface area contributed by atoms with Gasteiger partial charge in [-0.3, -0.25) is 4.79 Å². The maximum absolute atomic E-state index is 13.2. The van der Waals surface area contributed by atoms with Crippen LogP contribution in [0.3, 0.4) is 0 Å². The second-order valence-corrected chi connectivity index (χ2v) is 12.5. The van der Waals surface area contributed by atoms with Crippen molar-refractivity contribution in [1.82, 2.24) is 20.2 Å². The van der Waals surface area contributed by atoms with Gasteiger partial charge in [-0.25, -0.2) is 14.8 Å². The van der Waals surface area contributed by atoms with Crippen molar-refractivity contribution >= 4 is 30.5 Å². The molecule has 0 radical (unpaired) electrons. The molecule has 0 unspecified atom stereocenters. The third-order valence-corrected chi connectivity index (χ3v) is 7.60. The topological polar surface area (TPSA) is 106 Å². The second kappa shape index (κ2) is 10.1. The Morgan fingerprint density at radius 3 is 2.30 bits per heavy atom. The number of nitrogens with zero attached hydrogens (tertiary/aromatic N) is 4. The lowest BCUT2D eigenvalue weighted by Gasteiger charge is -2.32. The van der Waals surface area contributed by atoms with Gasteiger partial charge in [0.05, 0.1) is 11.2 Å². The van der Waals surface area contributed by atoms with Gasteiger partial charge in [0.25, 0.3) is 0 Å². The van der Waals surface area contributed by atoms with E-state index in [1.54, 1.807) is 40.1 Å². The molecule has 0 bridgehead atoms. The van der Waals surface area contributed by atoms with E-state index in [0.29, 0.717) is 25.1 Å². The van der Waals surface area contributed by atoms with Crippen LogP contribution in [0.2, 0.25) is 0 Å². The Balaban J connectivity index is 1.40. The van der Waals surface area contributed by atoms with Gasteiger partial charge in [-0.15, -0.1) is 0 Å².